The summed E-state index contributed by atoms with van der Waals surface area (Å²) in [5, 5.41) is 0. The molecule has 2 nitrogen and oxygen atoms in total. The van der Waals surface area contributed by atoms with Crippen LogP contribution in [0.1, 0.15) is 0 Å². The minimum atomic E-state index is 0.281. The van der Waals surface area contributed by atoms with E-state index >= 15 is 0 Å². The molecule has 0 spiro atoms. The van der Waals surface area contributed by atoms with E-state index in [9.17, 15) is 0 Å². The zero-order chi connectivity index (χ0) is 6.81. The molecule has 1 aromatic rings. The van der Waals surface area contributed by atoms with Gasteiger partial charge in [0.15, 0.2) is 0 Å². The van der Waals surface area contributed by atoms with Crippen LogP contribution in [0.3, 0.4) is 0 Å². The summed E-state index contributed by atoms with van der Waals surface area (Å²) in [7, 11) is 0. The maximum absolute atomic E-state index is 4.16. The van der Waals surface area contributed by atoms with Crippen molar-refractivity contribution >= 4 is 36.7 Å². The van der Waals surface area contributed by atoms with Crippen molar-refractivity contribution in [3.63, 3.8) is 0 Å². The molecule has 0 radical (unpaired) electrons. The van der Waals surface area contributed by atoms with E-state index in [-0.39, 0.29) is 15.2 Å². The molecule has 0 atom stereocenters. The third-order valence-corrected chi connectivity index (χ3v) is 3.62. The topological polar surface area (TPSA) is 24.7 Å². The number of hydrogen-bond acceptors (Lipinski definition) is 2. The molecular formula is C6H4N2SSe. The van der Waals surface area contributed by atoms with E-state index in [2.05, 4.69) is 13.8 Å². The summed E-state index contributed by atoms with van der Waals surface area (Å²) in [5.74, 6) is 0. The van der Waals surface area contributed by atoms with Crippen LogP contribution in [0, 0.1) is 0 Å². The molecule has 2 rings (SSSR count). The van der Waals surface area contributed by atoms with Crippen LogP contribution in [0.2, 0.25) is 0 Å². The van der Waals surface area contributed by atoms with Crippen LogP contribution in [0.15, 0.2) is 32.0 Å². The average molecular weight is 215 g/mol. The summed E-state index contributed by atoms with van der Waals surface area (Å²) >= 11 is 1.60. The second-order valence-corrected chi connectivity index (χ2v) is 4.55. The van der Waals surface area contributed by atoms with Crippen LogP contribution in [0.25, 0.3) is 0 Å². The summed E-state index contributed by atoms with van der Waals surface area (Å²) < 4.78 is 9.58. The number of hydrogen-bond donors (Lipinski definition) is 0. The van der Waals surface area contributed by atoms with E-state index in [1.54, 1.807) is 0 Å². The van der Waals surface area contributed by atoms with E-state index in [0.717, 1.165) is 5.69 Å². The van der Waals surface area contributed by atoms with Crippen LogP contribution in [0.5, 0.6) is 0 Å². The van der Waals surface area contributed by atoms with Crippen molar-refractivity contribution in [1.82, 2.24) is 0 Å². The van der Waals surface area contributed by atoms with Crippen molar-refractivity contribution in [2.24, 2.45) is 7.74 Å². The molecule has 0 saturated heterocycles. The number of nitrogens with zero attached hydrogens (tertiary/aromatic N) is 2. The van der Waals surface area contributed by atoms with Gasteiger partial charge in [-0.25, -0.2) is 0 Å². The van der Waals surface area contributed by atoms with Gasteiger partial charge in [0.05, 0.1) is 0 Å². The first-order valence-electron chi connectivity index (χ1n) is 2.80. The molecular weight excluding hydrogens is 211 g/mol. The Labute approximate surface area is 68.9 Å². The Kier molecular flexibility index (Phi) is 1.67. The monoisotopic (exact) mass is 216 g/mol. The molecule has 0 saturated carbocycles. The van der Waals surface area contributed by atoms with Gasteiger partial charge in [0, 0.05) is 0 Å². The predicted octanol–water partition coefficient (Wildman–Crippen LogP) is 1.03. The molecule has 0 N–H and O–H groups in total. The van der Waals surface area contributed by atoms with Gasteiger partial charge in [0.1, 0.15) is 0 Å². The second-order valence-electron chi connectivity index (χ2n) is 1.81. The fourth-order valence-corrected chi connectivity index (χ4v) is 2.90. The molecule has 50 valence electrons. The molecule has 4 heteroatoms. The van der Waals surface area contributed by atoms with E-state index in [1.165, 1.54) is 15.8 Å². The third kappa shape index (κ3) is 1.05. The molecule has 0 fully saturated rings. The van der Waals surface area contributed by atoms with Gasteiger partial charge in [0.2, 0.25) is 0 Å². The van der Waals surface area contributed by atoms with Crippen LogP contribution >= 0.6 is 0 Å². The van der Waals surface area contributed by atoms with Gasteiger partial charge < -0.3 is 0 Å². The van der Waals surface area contributed by atoms with Gasteiger partial charge in [-0.2, -0.15) is 0 Å². The van der Waals surface area contributed by atoms with E-state index in [4.69, 9.17) is 0 Å². The molecule has 0 aliphatic carbocycles. The van der Waals surface area contributed by atoms with Crippen LogP contribution in [-0.2, 0) is 11.4 Å². The Morgan fingerprint density at radius 2 is 2.20 bits per heavy atom. The SMILES string of the molecule is c1ccc2c(c1)N=S=N[Se]2. The Morgan fingerprint density at radius 3 is 3.10 bits per heavy atom. The first-order valence-corrected chi connectivity index (χ1v) is 5.16. The third-order valence-electron chi connectivity index (χ3n) is 1.17. The van der Waals surface area contributed by atoms with Gasteiger partial charge in [0.25, 0.3) is 0 Å². The van der Waals surface area contributed by atoms with Gasteiger partial charge in [-0.1, -0.05) is 0 Å². The summed E-state index contributed by atoms with van der Waals surface area (Å²) in [5.41, 5.74) is 1.10. The van der Waals surface area contributed by atoms with Gasteiger partial charge in [-0.05, 0) is 0 Å². The Hall–Kier alpha value is -0.441. The van der Waals surface area contributed by atoms with Crippen molar-refractivity contribution < 1.29 is 0 Å². The van der Waals surface area contributed by atoms with Crippen LogP contribution in [-0.4, -0.2) is 15.2 Å². The Balaban J connectivity index is 2.63. The van der Waals surface area contributed by atoms with Gasteiger partial charge >= 0.3 is 68.7 Å². The second kappa shape index (κ2) is 2.66. The van der Waals surface area contributed by atoms with Crippen molar-refractivity contribution in [2.75, 3.05) is 0 Å². The molecule has 0 bridgehead atoms. The van der Waals surface area contributed by atoms with E-state index in [0.29, 0.717) is 0 Å². The summed E-state index contributed by atoms with van der Waals surface area (Å²) in [6, 6.07) is 8.15. The van der Waals surface area contributed by atoms with Crippen LogP contribution in [0.4, 0.5) is 5.69 Å². The zero-order valence-corrected chi connectivity index (χ0v) is 7.55. The van der Waals surface area contributed by atoms with E-state index in [1.807, 2.05) is 18.2 Å². The van der Waals surface area contributed by atoms with Crippen molar-refractivity contribution in [2.45, 2.75) is 0 Å². The fourth-order valence-electron chi connectivity index (χ4n) is 0.727. The molecule has 1 aliphatic heterocycles. The van der Waals surface area contributed by atoms with Gasteiger partial charge in [-0.3, -0.25) is 0 Å². The van der Waals surface area contributed by atoms with Crippen molar-refractivity contribution in [3.8, 4) is 0 Å². The normalized spacial score (nSPS) is 14.0. The number of rotatable bonds is 0. The quantitative estimate of drug-likeness (QED) is 0.577. The number of fused-ring (bicyclic) bond motifs is 1. The summed E-state index contributed by atoms with van der Waals surface area (Å²) in [6.45, 7) is 0. The van der Waals surface area contributed by atoms with Crippen molar-refractivity contribution in [3.05, 3.63) is 24.3 Å². The average Bonchev–Trinajstić information content (AvgIpc) is 2.05. The zero-order valence-electron chi connectivity index (χ0n) is 5.02. The molecule has 0 aromatic heterocycles. The number of benzene rings is 1. The molecule has 10 heavy (non-hydrogen) atoms. The molecule has 1 aliphatic rings. The minimum absolute atomic E-state index is 0.281. The Bertz CT molecular complexity index is 317. The first-order chi connectivity index (χ1) is 4.97. The fraction of sp³-hybridized carbons (Fsp3) is 0. The standard InChI is InChI=1S/C6H4N2SSe/c1-2-4-6-5(3-1)7-9-8-10-6/h1-4H. The molecule has 0 unspecified atom stereocenters. The van der Waals surface area contributed by atoms with Crippen LogP contribution < -0.4 is 4.46 Å². The Morgan fingerprint density at radius 1 is 1.30 bits per heavy atom. The van der Waals surface area contributed by atoms with Crippen molar-refractivity contribution in [1.29, 1.82) is 0 Å². The maximum atomic E-state index is 4.16. The molecule has 1 aromatic carbocycles. The molecule has 1 heterocycles. The summed E-state index contributed by atoms with van der Waals surface area (Å²) in [4.78, 5) is 0. The van der Waals surface area contributed by atoms with Gasteiger partial charge in [-0.15, -0.1) is 0 Å². The predicted molar refractivity (Wildman–Crippen MR) is 43.7 cm³/mol. The first kappa shape index (κ1) is 6.28. The van der Waals surface area contributed by atoms with E-state index < -0.39 is 0 Å². The molecule has 0 amide bonds. The summed E-state index contributed by atoms with van der Waals surface area (Å²) in [6.07, 6.45) is 0.